The van der Waals surface area contributed by atoms with Gasteiger partial charge in [-0.15, -0.1) is 0 Å². The number of ether oxygens (including phenoxy) is 3. The van der Waals surface area contributed by atoms with Crippen LogP contribution < -0.4 is 9.47 Å². The summed E-state index contributed by atoms with van der Waals surface area (Å²) >= 11 is 0. The number of rotatable bonds is 10. The minimum Gasteiger partial charge on any atom is -0.497 e. The van der Waals surface area contributed by atoms with E-state index in [1.807, 2.05) is 11.0 Å². The van der Waals surface area contributed by atoms with E-state index in [0.29, 0.717) is 11.8 Å². The Balaban J connectivity index is 1.81. The Morgan fingerprint density at radius 1 is 1.03 bits per heavy atom. The predicted molar refractivity (Wildman–Crippen MR) is 126 cm³/mol. The van der Waals surface area contributed by atoms with Crippen LogP contribution in [0.5, 0.6) is 11.5 Å². The monoisotopic (exact) mass is 440 g/mol. The van der Waals surface area contributed by atoms with Crippen LogP contribution in [0.4, 0.5) is 0 Å². The first-order valence-electron chi connectivity index (χ1n) is 11.2. The van der Waals surface area contributed by atoms with E-state index >= 15 is 0 Å². The molecule has 2 aromatic rings. The van der Waals surface area contributed by atoms with E-state index in [9.17, 15) is 4.79 Å². The maximum atomic E-state index is 12.7. The van der Waals surface area contributed by atoms with Gasteiger partial charge in [-0.25, -0.2) is 0 Å². The Hall–Kier alpha value is -2.57. The highest BCUT2D eigenvalue weighted by Gasteiger charge is 2.36. The van der Waals surface area contributed by atoms with E-state index in [0.717, 1.165) is 43.2 Å². The Kier molecular flexibility index (Phi) is 8.53. The average molecular weight is 441 g/mol. The standard InChI is InChI=1S/C26H36N2O4/c1-19(2)28(26(29)18-30-3)16-22-15-27(17-25(22)21-9-7-6-8-10-21)14-20-11-23(31-4)13-24(12-20)32-5/h6-13,19,22,25H,14-18H2,1-5H3. The van der Waals surface area contributed by atoms with Crippen LogP contribution >= 0.6 is 0 Å². The molecule has 1 aliphatic rings. The SMILES string of the molecule is COCC(=O)N(CC1CN(Cc2cc(OC)cc(OC)c2)CC1c1ccccc1)C(C)C. The molecule has 0 aromatic heterocycles. The Morgan fingerprint density at radius 2 is 1.69 bits per heavy atom. The predicted octanol–water partition coefficient (Wildman–Crippen LogP) is 3.80. The molecule has 3 rings (SSSR count). The second-order valence-electron chi connectivity index (χ2n) is 8.77. The summed E-state index contributed by atoms with van der Waals surface area (Å²) in [6.07, 6.45) is 0. The Bertz CT molecular complexity index is 849. The first kappa shape index (κ1) is 24.1. The van der Waals surface area contributed by atoms with E-state index in [4.69, 9.17) is 14.2 Å². The molecule has 6 nitrogen and oxygen atoms in total. The van der Waals surface area contributed by atoms with Gasteiger partial charge in [0.2, 0.25) is 5.91 Å². The number of hydrogen-bond donors (Lipinski definition) is 0. The summed E-state index contributed by atoms with van der Waals surface area (Å²) in [6.45, 7) is 7.65. The zero-order valence-corrected chi connectivity index (χ0v) is 19.9. The molecule has 6 heteroatoms. The van der Waals surface area contributed by atoms with Crippen molar-refractivity contribution in [3.63, 3.8) is 0 Å². The third-order valence-electron chi connectivity index (χ3n) is 6.20. The maximum absolute atomic E-state index is 12.7. The molecule has 1 aliphatic heterocycles. The number of benzene rings is 2. The molecule has 1 heterocycles. The molecule has 0 N–H and O–H groups in total. The highest BCUT2D eigenvalue weighted by atomic mass is 16.5. The fourth-order valence-corrected chi connectivity index (χ4v) is 4.63. The number of likely N-dealkylation sites (tertiary alicyclic amines) is 1. The molecule has 0 radical (unpaired) electrons. The minimum absolute atomic E-state index is 0.0466. The van der Waals surface area contributed by atoms with Gasteiger partial charge in [0.25, 0.3) is 0 Å². The molecule has 0 bridgehead atoms. The summed E-state index contributed by atoms with van der Waals surface area (Å²) in [5.74, 6) is 2.34. The lowest BCUT2D eigenvalue weighted by molar-refractivity contribution is -0.137. The fourth-order valence-electron chi connectivity index (χ4n) is 4.63. The van der Waals surface area contributed by atoms with Crippen molar-refractivity contribution < 1.29 is 19.0 Å². The lowest BCUT2D eigenvalue weighted by Crippen LogP contribution is -2.43. The fraction of sp³-hybridized carbons (Fsp3) is 0.500. The summed E-state index contributed by atoms with van der Waals surface area (Å²) in [6, 6.07) is 16.8. The van der Waals surface area contributed by atoms with E-state index < -0.39 is 0 Å². The number of methoxy groups -OCH3 is 3. The van der Waals surface area contributed by atoms with Crippen LogP contribution in [0, 0.1) is 5.92 Å². The van der Waals surface area contributed by atoms with Crippen molar-refractivity contribution in [1.82, 2.24) is 9.80 Å². The van der Waals surface area contributed by atoms with Gasteiger partial charge in [-0.3, -0.25) is 9.69 Å². The van der Waals surface area contributed by atoms with E-state index in [2.05, 4.69) is 61.2 Å². The molecule has 1 saturated heterocycles. The quantitative estimate of drug-likeness (QED) is 0.562. The van der Waals surface area contributed by atoms with Gasteiger partial charge in [0.15, 0.2) is 0 Å². The molecule has 174 valence electrons. The van der Waals surface area contributed by atoms with E-state index in [1.165, 1.54) is 5.56 Å². The molecule has 0 saturated carbocycles. The van der Waals surface area contributed by atoms with Gasteiger partial charge < -0.3 is 19.1 Å². The summed E-state index contributed by atoms with van der Waals surface area (Å²) in [5.41, 5.74) is 2.48. The van der Waals surface area contributed by atoms with E-state index in [-0.39, 0.29) is 18.6 Å². The molecule has 2 atom stereocenters. The van der Waals surface area contributed by atoms with Crippen LogP contribution in [0.2, 0.25) is 0 Å². The van der Waals surface area contributed by atoms with Crippen molar-refractivity contribution >= 4 is 5.91 Å². The van der Waals surface area contributed by atoms with Gasteiger partial charge in [-0.1, -0.05) is 30.3 Å². The summed E-state index contributed by atoms with van der Waals surface area (Å²) in [4.78, 5) is 17.1. The highest BCUT2D eigenvalue weighted by molar-refractivity contribution is 5.77. The summed E-state index contributed by atoms with van der Waals surface area (Å²) in [5, 5.41) is 0. The van der Waals surface area contributed by atoms with Crippen molar-refractivity contribution in [2.24, 2.45) is 5.92 Å². The van der Waals surface area contributed by atoms with Crippen molar-refractivity contribution in [2.75, 3.05) is 47.6 Å². The molecule has 1 amide bonds. The van der Waals surface area contributed by atoms with Crippen molar-refractivity contribution in [1.29, 1.82) is 0 Å². The second-order valence-corrected chi connectivity index (χ2v) is 8.77. The third kappa shape index (κ3) is 6.02. The lowest BCUT2D eigenvalue weighted by atomic mass is 9.88. The topological polar surface area (TPSA) is 51.2 Å². The normalized spacial score (nSPS) is 18.7. The van der Waals surface area contributed by atoms with Gasteiger partial charge in [-0.05, 0) is 43.0 Å². The lowest BCUT2D eigenvalue weighted by Gasteiger charge is -2.31. The number of amides is 1. The van der Waals surface area contributed by atoms with Gasteiger partial charge in [0, 0.05) is 51.3 Å². The molecule has 0 aliphatic carbocycles. The zero-order valence-electron chi connectivity index (χ0n) is 19.9. The largest absolute Gasteiger partial charge is 0.497 e. The molecule has 32 heavy (non-hydrogen) atoms. The van der Waals surface area contributed by atoms with Gasteiger partial charge in [0.1, 0.15) is 18.1 Å². The number of carbonyl (C=O) groups excluding carboxylic acids is 1. The van der Waals surface area contributed by atoms with Crippen molar-refractivity contribution in [3.8, 4) is 11.5 Å². The molecular formula is C26H36N2O4. The van der Waals surface area contributed by atoms with Crippen LogP contribution in [0.15, 0.2) is 48.5 Å². The van der Waals surface area contributed by atoms with E-state index in [1.54, 1.807) is 21.3 Å². The van der Waals surface area contributed by atoms with Crippen LogP contribution in [0.25, 0.3) is 0 Å². The average Bonchev–Trinajstić information content (AvgIpc) is 3.19. The summed E-state index contributed by atoms with van der Waals surface area (Å²) < 4.78 is 16.0. The third-order valence-corrected chi connectivity index (χ3v) is 6.20. The number of nitrogens with zero attached hydrogens (tertiary/aromatic N) is 2. The van der Waals surface area contributed by atoms with Crippen molar-refractivity contribution in [2.45, 2.75) is 32.4 Å². The molecule has 2 unspecified atom stereocenters. The molecule has 1 fully saturated rings. The molecule has 0 spiro atoms. The minimum atomic E-state index is 0.0466. The van der Waals surface area contributed by atoms with Crippen LogP contribution in [-0.2, 0) is 16.1 Å². The molecular weight excluding hydrogens is 404 g/mol. The zero-order chi connectivity index (χ0) is 23.1. The van der Waals surface area contributed by atoms with Gasteiger partial charge >= 0.3 is 0 Å². The van der Waals surface area contributed by atoms with Gasteiger partial charge in [-0.2, -0.15) is 0 Å². The second kappa shape index (κ2) is 11.3. The smallest absolute Gasteiger partial charge is 0.248 e. The van der Waals surface area contributed by atoms with Crippen LogP contribution in [0.3, 0.4) is 0 Å². The Labute approximate surface area is 192 Å². The van der Waals surface area contributed by atoms with Crippen LogP contribution in [-0.4, -0.2) is 69.3 Å². The molecule has 2 aromatic carbocycles. The van der Waals surface area contributed by atoms with Crippen LogP contribution in [0.1, 0.15) is 30.9 Å². The maximum Gasteiger partial charge on any atom is 0.248 e. The first-order chi connectivity index (χ1) is 15.4. The Morgan fingerprint density at radius 3 is 2.25 bits per heavy atom. The summed E-state index contributed by atoms with van der Waals surface area (Å²) in [7, 11) is 4.92. The van der Waals surface area contributed by atoms with Gasteiger partial charge in [0.05, 0.1) is 14.2 Å². The first-order valence-corrected chi connectivity index (χ1v) is 11.2. The van der Waals surface area contributed by atoms with Crippen molar-refractivity contribution in [3.05, 3.63) is 59.7 Å². The highest BCUT2D eigenvalue weighted by Crippen LogP contribution is 2.35. The number of carbonyl (C=O) groups is 1. The number of hydrogen-bond acceptors (Lipinski definition) is 5.